The minimum Gasteiger partial charge on any atom is -0.490 e. The quantitative estimate of drug-likeness (QED) is 0.912. The molecule has 0 radical (unpaired) electrons. The Bertz CT molecular complexity index is 621. The van der Waals surface area contributed by atoms with Crippen LogP contribution in [0.1, 0.15) is 36.8 Å². The van der Waals surface area contributed by atoms with Gasteiger partial charge in [0, 0.05) is 45.6 Å². The van der Waals surface area contributed by atoms with Crippen LogP contribution in [0.5, 0.6) is 5.75 Å². The summed E-state index contributed by atoms with van der Waals surface area (Å²) in [5, 5.41) is 9.03. The minimum atomic E-state index is -0.820. The minimum absolute atomic E-state index is 0.130. The second kappa shape index (κ2) is 7.24. The van der Waals surface area contributed by atoms with Crippen molar-refractivity contribution in [1.82, 2.24) is 9.80 Å². The summed E-state index contributed by atoms with van der Waals surface area (Å²) in [4.78, 5) is 15.1. The highest BCUT2D eigenvalue weighted by Gasteiger charge is 2.26. The van der Waals surface area contributed by atoms with E-state index < -0.39 is 6.09 Å². The van der Waals surface area contributed by atoms with Gasteiger partial charge < -0.3 is 19.6 Å². The first kappa shape index (κ1) is 16.7. The molecule has 25 heavy (non-hydrogen) atoms. The number of piperidine rings is 1. The maximum Gasteiger partial charge on any atom is 0.407 e. The van der Waals surface area contributed by atoms with Crippen LogP contribution in [0.2, 0.25) is 0 Å². The fraction of sp³-hybridized carbons (Fsp3) is 0.650. The van der Waals surface area contributed by atoms with E-state index in [0.717, 1.165) is 43.9 Å². The zero-order chi connectivity index (χ0) is 17.2. The van der Waals surface area contributed by atoms with E-state index in [2.05, 4.69) is 23.1 Å². The average Bonchev–Trinajstić information content (AvgIpc) is 3.44. The van der Waals surface area contributed by atoms with Crippen LogP contribution < -0.4 is 4.74 Å². The highest BCUT2D eigenvalue weighted by atomic mass is 16.5. The van der Waals surface area contributed by atoms with E-state index in [1.165, 1.54) is 42.0 Å². The molecule has 2 fully saturated rings. The summed E-state index contributed by atoms with van der Waals surface area (Å²) in [5.41, 5.74) is 2.89. The number of fused-ring (bicyclic) bond motifs is 1. The third kappa shape index (κ3) is 4.27. The predicted octanol–water partition coefficient (Wildman–Crippen LogP) is 3.02. The fourth-order valence-corrected chi connectivity index (χ4v) is 4.03. The molecule has 3 aliphatic rings. The molecule has 1 saturated heterocycles. The van der Waals surface area contributed by atoms with Crippen molar-refractivity contribution in [3.05, 3.63) is 29.3 Å². The van der Waals surface area contributed by atoms with E-state index in [0.29, 0.717) is 13.1 Å². The second-order valence-corrected chi connectivity index (χ2v) is 7.76. The largest absolute Gasteiger partial charge is 0.490 e. The first-order valence-corrected chi connectivity index (χ1v) is 9.66. The van der Waals surface area contributed by atoms with Crippen LogP contribution in [-0.2, 0) is 12.8 Å². The molecule has 2 heterocycles. The number of nitrogens with zero attached hydrogens (tertiary/aromatic N) is 2. The number of benzene rings is 1. The van der Waals surface area contributed by atoms with Crippen molar-refractivity contribution in [2.45, 2.75) is 44.6 Å². The lowest BCUT2D eigenvalue weighted by atomic mass is 10.0. The van der Waals surface area contributed by atoms with Crippen LogP contribution in [0, 0.1) is 5.92 Å². The number of amides is 1. The number of hydrogen-bond acceptors (Lipinski definition) is 3. The summed E-state index contributed by atoms with van der Waals surface area (Å²) in [6.07, 6.45) is 5.95. The van der Waals surface area contributed by atoms with Gasteiger partial charge in [0.05, 0.1) is 0 Å². The molecule has 0 spiro atoms. The monoisotopic (exact) mass is 344 g/mol. The molecule has 5 nitrogen and oxygen atoms in total. The van der Waals surface area contributed by atoms with Crippen LogP contribution in [0.25, 0.3) is 0 Å². The van der Waals surface area contributed by atoms with Gasteiger partial charge in [0.1, 0.15) is 11.9 Å². The molecule has 0 unspecified atom stereocenters. The molecule has 1 aromatic carbocycles. The molecule has 5 heteroatoms. The first-order valence-electron chi connectivity index (χ1n) is 9.66. The van der Waals surface area contributed by atoms with Crippen molar-refractivity contribution in [1.29, 1.82) is 0 Å². The standard InChI is InChI=1S/C20H28N2O3/c23-20(24)22-11-7-18(8-12-22)25-19-4-3-16-5-9-21(14-15-1-2-15)10-6-17(16)13-19/h3-4,13,15,18H,1-2,5-12,14H2,(H,23,24). The van der Waals surface area contributed by atoms with E-state index in [-0.39, 0.29) is 6.10 Å². The number of carbonyl (C=O) groups is 1. The van der Waals surface area contributed by atoms with Gasteiger partial charge in [-0.3, -0.25) is 0 Å². The van der Waals surface area contributed by atoms with Gasteiger partial charge in [-0.15, -0.1) is 0 Å². The molecule has 2 aliphatic heterocycles. The fourth-order valence-electron chi connectivity index (χ4n) is 4.03. The molecular weight excluding hydrogens is 316 g/mol. The molecule has 1 saturated carbocycles. The Morgan fingerprint density at radius 2 is 1.76 bits per heavy atom. The summed E-state index contributed by atoms with van der Waals surface area (Å²) in [6.45, 7) is 4.75. The Labute approximate surface area is 149 Å². The Kier molecular flexibility index (Phi) is 4.84. The Hall–Kier alpha value is -1.75. The summed E-state index contributed by atoms with van der Waals surface area (Å²) < 4.78 is 6.16. The van der Waals surface area contributed by atoms with Crippen LogP contribution in [-0.4, -0.2) is 59.8 Å². The number of rotatable bonds is 4. The summed E-state index contributed by atoms with van der Waals surface area (Å²) in [7, 11) is 0. The molecular formula is C20H28N2O3. The summed E-state index contributed by atoms with van der Waals surface area (Å²) in [6, 6.07) is 6.55. The molecule has 0 atom stereocenters. The molecule has 136 valence electrons. The molecule has 0 aromatic heterocycles. The van der Waals surface area contributed by atoms with Crippen LogP contribution in [0.15, 0.2) is 18.2 Å². The molecule has 1 aliphatic carbocycles. The van der Waals surface area contributed by atoms with Crippen molar-refractivity contribution in [2.24, 2.45) is 5.92 Å². The van der Waals surface area contributed by atoms with Crippen molar-refractivity contribution in [2.75, 3.05) is 32.7 Å². The van der Waals surface area contributed by atoms with Gasteiger partial charge in [-0.25, -0.2) is 4.79 Å². The molecule has 1 aromatic rings. The Morgan fingerprint density at radius 1 is 1.04 bits per heavy atom. The highest BCUT2D eigenvalue weighted by molar-refractivity contribution is 5.65. The lowest BCUT2D eigenvalue weighted by Crippen LogP contribution is -2.41. The first-order chi connectivity index (χ1) is 12.2. The van der Waals surface area contributed by atoms with Crippen molar-refractivity contribution >= 4 is 6.09 Å². The topological polar surface area (TPSA) is 53.0 Å². The SMILES string of the molecule is O=C(O)N1CCC(Oc2ccc3c(c2)CCN(CC2CC2)CC3)CC1. The van der Waals surface area contributed by atoms with E-state index in [4.69, 9.17) is 9.84 Å². The van der Waals surface area contributed by atoms with Crippen molar-refractivity contribution in [3.63, 3.8) is 0 Å². The molecule has 1 amide bonds. The summed E-state index contributed by atoms with van der Waals surface area (Å²) >= 11 is 0. The lowest BCUT2D eigenvalue weighted by molar-refractivity contribution is 0.0894. The third-order valence-electron chi connectivity index (χ3n) is 5.80. The van der Waals surface area contributed by atoms with Gasteiger partial charge in [0.15, 0.2) is 0 Å². The summed E-state index contributed by atoms with van der Waals surface area (Å²) in [5.74, 6) is 1.90. The van der Waals surface area contributed by atoms with Gasteiger partial charge in [-0.2, -0.15) is 0 Å². The number of hydrogen-bond donors (Lipinski definition) is 1. The van der Waals surface area contributed by atoms with E-state index in [9.17, 15) is 4.79 Å². The number of carboxylic acid groups (broad SMARTS) is 1. The smallest absolute Gasteiger partial charge is 0.407 e. The van der Waals surface area contributed by atoms with Crippen LogP contribution in [0.4, 0.5) is 4.79 Å². The lowest BCUT2D eigenvalue weighted by Gasteiger charge is -2.30. The van der Waals surface area contributed by atoms with Gasteiger partial charge in [0.2, 0.25) is 0 Å². The number of likely N-dealkylation sites (tertiary alicyclic amines) is 1. The van der Waals surface area contributed by atoms with Gasteiger partial charge in [0.25, 0.3) is 0 Å². The Morgan fingerprint density at radius 3 is 2.44 bits per heavy atom. The van der Waals surface area contributed by atoms with Gasteiger partial charge in [-0.1, -0.05) is 6.07 Å². The van der Waals surface area contributed by atoms with Crippen molar-refractivity contribution < 1.29 is 14.6 Å². The van der Waals surface area contributed by atoms with E-state index in [1.54, 1.807) is 0 Å². The van der Waals surface area contributed by atoms with Gasteiger partial charge >= 0.3 is 6.09 Å². The van der Waals surface area contributed by atoms with Crippen LogP contribution in [0.3, 0.4) is 0 Å². The van der Waals surface area contributed by atoms with E-state index in [1.807, 2.05) is 0 Å². The van der Waals surface area contributed by atoms with Gasteiger partial charge in [-0.05, 0) is 54.9 Å². The zero-order valence-electron chi connectivity index (χ0n) is 14.8. The predicted molar refractivity (Wildman–Crippen MR) is 96.3 cm³/mol. The Balaban J connectivity index is 1.34. The second-order valence-electron chi connectivity index (χ2n) is 7.76. The normalized spacial score (nSPS) is 22.3. The van der Waals surface area contributed by atoms with Crippen molar-refractivity contribution in [3.8, 4) is 5.75 Å². The molecule has 4 rings (SSSR count). The van der Waals surface area contributed by atoms with Crippen LogP contribution >= 0.6 is 0 Å². The molecule has 0 bridgehead atoms. The maximum absolute atomic E-state index is 11.0. The zero-order valence-corrected chi connectivity index (χ0v) is 14.8. The maximum atomic E-state index is 11.0. The number of ether oxygens (including phenoxy) is 1. The van der Waals surface area contributed by atoms with E-state index >= 15 is 0 Å². The highest BCUT2D eigenvalue weighted by Crippen LogP contribution is 2.31. The molecule has 1 N–H and O–H groups in total. The average molecular weight is 344 g/mol. The third-order valence-corrected chi connectivity index (χ3v) is 5.80.